The van der Waals surface area contributed by atoms with Crippen LogP contribution in [0.15, 0.2) is 0 Å². The van der Waals surface area contributed by atoms with Crippen molar-refractivity contribution < 1.29 is 19.5 Å². The fourth-order valence-corrected chi connectivity index (χ4v) is 0.123. The maximum Gasteiger partial charge on any atom is 0.308 e. The van der Waals surface area contributed by atoms with Crippen LogP contribution in [0.5, 0.6) is 0 Å². The molecule has 0 atom stereocenters. The fourth-order valence-electron chi connectivity index (χ4n) is 0.123. The Morgan fingerprint density at radius 1 is 1.60 bits per heavy atom. The van der Waals surface area contributed by atoms with Crippen molar-refractivity contribution in [3.63, 3.8) is 0 Å². The minimum atomic E-state index is -0.956. The van der Waals surface area contributed by atoms with Crippen LogP contribution in [0.3, 0.4) is 0 Å². The number of hydrogen-bond donors (Lipinski definition) is 3. The number of primary amides is 1. The van der Waals surface area contributed by atoms with Crippen molar-refractivity contribution in [1.29, 1.82) is 0 Å². The molecule has 0 aromatic carbocycles. The van der Waals surface area contributed by atoms with Gasteiger partial charge in [0.1, 0.15) is 0 Å². The fraction of sp³-hybridized carbons (Fsp3) is 0.250. The quantitative estimate of drug-likeness (QED) is 0.270. The lowest BCUT2D eigenvalue weighted by Crippen LogP contribution is -2.33. The van der Waals surface area contributed by atoms with E-state index in [2.05, 4.69) is 11.1 Å². The van der Waals surface area contributed by atoms with Crippen molar-refractivity contribution >= 4 is 18.3 Å². The number of nitrogens with one attached hydrogen (secondary N) is 1. The van der Waals surface area contributed by atoms with E-state index in [0.29, 0.717) is 0 Å². The number of rotatable bonds is 0. The van der Waals surface area contributed by atoms with E-state index in [4.69, 9.17) is 9.90 Å². The second-order valence-corrected chi connectivity index (χ2v) is 1.05. The molecule has 4 N–H and O–H groups in total. The maximum atomic E-state index is 9.93. The van der Waals surface area contributed by atoms with Crippen LogP contribution in [0.25, 0.3) is 0 Å². The smallest absolute Gasteiger partial charge is 0.308 e. The maximum absolute atomic E-state index is 9.93. The van der Waals surface area contributed by atoms with Gasteiger partial charge in [0.2, 0.25) is 0 Å². The summed E-state index contributed by atoms with van der Waals surface area (Å²) in [6, 6.07) is 0. The summed E-state index contributed by atoms with van der Waals surface area (Å²) >= 11 is 0. The van der Waals surface area contributed by atoms with Crippen molar-refractivity contribution in [2.45, 2.75) is 0 Å². The van der Waals surface area contributed by atoms with Gasteiger partial charge in [0, 0.05) is 7.05 Å². The molecular weight excluding hydrogens is 140 g/mol. The second kappa shape index (κ2) is 7.41. The van der Waals surface area contributed by atoms with Gasteiger partial charge in [-0.2, -0.15) is 0 Å². The van der Waals surface area contributed by atoms with Gasteiger partial charge in [0.15, 0.2) is 0 Å². The second-order valence-electron chi connectivity index (χ2n) is 1.05. The van der Waals surface area contributed by atoms with Crippen molar-refractivity contribution in [2.24, 2.45) is 5.73 Å². The highest BCUT2D eigenvalue weighted by Gasteiger charge is 2.01. The molecule has 2 amide bonds. The number of amides is 2. The Hall–Kier alpha value is -1.59. The molecule has 0 aliphatic heterocycles. The van der Waals surface area contributed by atoms with E-state index in [1.54, 1.807) is 0 Å². The summed E-state index contributed by atoms with van der Waals surface area (Å²) in [5.41, 5.74) is 4.50. The zero-order valence-electron chi connectivity index (χ0n) is 5.33. The summed E-state index contributed by atoms with van der Waals surface area (Å²) in [7, 11) is 1.34. The lowest BCUT2D eigenvalue weighted by atomic mass is 10.6. The first-order chi connectivity index (χ1) is 4.59. The Morgan fingerprint density at radius 2 is 1.90 bits per heavy atom. The van der Waals surface area contributed by atoms with Gasteiger partial charge in [-0.05, 0) is 0 Å². The minimum absolute atomic E-state index is 0.250. The lowest BCUT2D eigenvalue weighted by molar-refractivity contribution is -0.136. The Balaban J connectivity index is 0. The van der Waals surface area contributed by atoms with Crippen LogP contribution < -0.4 is 11.1 Å². The summed E-state index contributed by atoms with van der Waals surface area (Å²) in [5.74, 6) is -1.72. The van der Waals surface area contributed by atoms with Gasteiger partial charge in [-0.1, -0.05) is 0 Å². The average Bonchev–Trinajstić information content (AvgIpc) is 1.88. The van der Waals surface area contributed by atoms with Crippen LogP contribution in [0.1, 0.15) is 0 Å². The van der Waals surface area contributed by atoms with Gasteiger partial charge in [-0.25, -0.2) is 0 Å². The first-order valence-electron chi connectivity index (χ1n) is 2.19. The van der Waals surface area contributed by atoms with Crippen LogP contribution in [0.4, 0.5) is 0 Å². The molecule has 0 rings (SSSR count). The summed E-state index contributed by atoms with van der Waals surface area (Å²) in [4.78, 5) is 28.0. The predicted molar refractivity (Wildman–Crippen MR) is 32.0 cm³/mol. The van der Waals surface area contributed by atoms with Crippen molar-refractivity contribution in [1.82, 2.24) is 5.32 Å². The molecule has 0 aromatic rings. The van der Waals surface area contributed by atoms with Gasteiger partial charge >= 0.3 is 11.8 Å². The van der Waals surface area contributed by atoms with Crippen molar-refractivity contribution in [2.75, 3.05) is 7.05 Å². The van der Waals surface area contributed by atoms with Crippen molar-refractivity contribution in [3.8, 4) is 0 Å². The molecule has 0 aliphatic carbocycles. The molecule has 0 spiro atoms. The van der Waals surface area contributed by atoms with Crippen LogP contribution in [-0.2, 0) is 14.4 Å². The normalized spacial score (nSPS) is 6.50. The lowest BCUT2D eigenvalue weighted by Gasteiger charge is -1.86. The summed E-state index contributed by atoms with van der Waals surface area (Å²) in [6.07, 6.45) is 0. The molecular formula is C4H8N2O4. The summed E-state index contributed by atoms with van der Waals surface area (Å²) in [6.45, 7) is -0.250. The Kier molecular flexibility index (Phi) is 8.33. The van der Waals surface area contributed by atoms with Gasteiger partial charge < -0.3 is 16.2 Å². The molecule has 0 saturated carbocycles. The highest BCUT2D eigenvalue weighted by Crippen LogP contribution is 1.53. The molecule has 0 unspecified atom stereocenters. The van der Waals surface area contributed by atoms with Gasteiger partial charge in [0.25, 0.3) is 6.47 Å². The first kappa shape index (κ1) is 11.2. The molecule has 0 radical (unpaired) electrons. The summed E-state index contributed by atoms with van der Waals surface area (Å²) < 4.78 is 0. The number of carboxylic acid groups (broad SMARTS) is 1. The molecule has 6 nitrogen and oxygen atoms in total. The molecule has 0 heterocycles. The number of likely N-dealkylation sites (N-methyl/N-ethyl adjacent to an activating group) is 1. The van der Waals surface area contributed by atoms with Gasteiger partial charge in [0.05, 0.1) is 0 Å². The van der Waals surface area contributed by atoms with E-state index in [9.17, 15) is 9.59 Å². The molecule has 58 valence electrons. The standard InChI is InChI=1S/C3H6N2O2.CH2O2/c1-5-3(7)2(4)6;2-1-3/h1H3,(H2,4,6)(H,5,7);1H,(H,2,3). The van der Waals surface area contributed by atoms with E-state index >= 15 is 0 Å². The highest BCUT2D eigenvalue weighted by molar-refractivity contribution is 6.34. The van der Waals surface area contributed by atoms with Crippen LogP contribution in [0, 0.1) is 0 Å². The Morgan fingerprint density at radius 3 is 1.90 bits per heavy atom. The van der Waals surface area contributed by atoms with E-state index in [-0.39, 0.29) is 6.47 Å². The number of carbonyl (C=O) groups excluding carboxylic acids is 2. The van der Waals surface area contributed by atoms with Crippen LogP contribution in [0.2, 0.25) is 0 Å². The van der Waals surface area contributed by atoms with Gasteiger partial charge in [-0.3, -0.25) is 14.4 Å². The third-order valence-corrected chi connectivity index (χ3v) is 0.451. The molecule has 0 aliphatic rings. The molecule has 0 saturated heterocycles. The molecule has 0 bridgehead atoms. The van der Waals surface area contributed by atoms with E-state index in [0.717, 1.165) is 0 Å². The van der Waals surface area contributed by atoms with Crippen LogP contribution >= 0.6 is 0 Å². The number of carbonyl (C=O) groups is 3. The van der Waals surface area contributed by atoms with Crippen LogP contribution in [-0.4, -0.2) is 30.4 Å². The zero-order chi connectivity index (χ0) is 8.57. The Bertz CT molecular complexity index is 133. The molecule has 0 aromatic heterocycles. The molecule has 10 heavy (non-hydrogen) atoms. The number of hydrogen-bond acceptors (Lipinski definition) is 3. The SMILES string of the molecule is CNC(=O)C(N)=O.O=CO. The zero-order valence-corrected chi connectivity index (χ0v) is 5.33. The van der Waals surface area contributed by atoms with E-state index < -0.39 is 11.8 Å². The third-order valence-electron chi connectivity index (χ3n) is 0.451. The number of nitrogens with two attached hydrogens (primary N) is 1. The summed E-state index contributed by atoms with van der Waals surface area (Å²) in [5, 5.41) is 8.94. The predicted octanol–water partition coefficient (Wildman–Crippen LogP) is -2.08. The first-order valence-corrected chi connectivity index (χ1v) is 2.19. The van der Waals surface area contributed by atoms with E-state index in [1.165, 1.54) is 7.05 Å². The largest absolute Gasteiger partial charge is 0.483 e. The highest BCUT2D eigenvalue weighted by atomic mass is 16.3. The average molecular weight is 148 g/mol. The third kappa shape index (κ3) is 9.65. The van der Waals surface area contributed by atoms with E-state index in [1.807, 2.05) is 0 Å². The monoisotopic (exact) mass is 148 g/mol. The molecule has 6 heteroatoms. The van der Waals surface area contributed by atoms with Gasteiger partial charge in [-0.15, -0.1) is 0 Å². The topological polar surface area (TPSA) is 109 Å². The molecule has 0 fully saturated rings. The van der Waals surface area contributed by atoms with Crippen molar-refractivity contribution in [3.05, 3.63) is 0 Å². The minimum Gasteiger partial charge on any atom is -0.483 e. The Labute approximate surface area is 57.0 Å².